The van der Waals surface area contributed by atoms with Gasteiger partial charge in [-0.15, -0.1) is 0 Å². The number of anilines is 1. The molecule has 0 unspecified atom stereocenters. The van der Waals surface area contributed by atoms with Crippen molar-refractivity contribution in [3.05, 3.63) is 70.8 Å². The minimum Gasteiger partial charge on any atom is -0.462 e. The summed E-state index contributed by atoms with van der Waals surface area (Å²) in [5.41, 5.74) is 8.12. The van der Waals surface area contributed by atoms with Gasteiger partial charge < -0.3 is 9.64 Å². The molecule has 2 aromatic carbocycles. The molecule has 1 heterocycles. The first-order chi connectivity index (χ1) is 15.8. The summed E-state index contributed by atoms with van der Waals surface area (Å²) in [5.74, 6) is -0.248. The third-order valence-electron chi connectivity index (χ3n) is 7.10. The molecule has 0 spiro atoms. The van der Waals surface area contributed by atoms with Crippen molar-refractivity contribution in [2.45, 2.75) is 47.0 Å². The Kier molecular flexibility index (Phi) is 7.23. The first kappa shape index (κ1) is 23.6. The van der Waals surface area contributed by atoms with Crippen LogP contribution in [0, 0.1) is 12.3 Å². The van der Waals surface area contributed by atoms with E-state index in [1.807, 2.05) is 31.2 Å². The molecule has 4 nitrogen and oxygen atoms in total. The van der Waals surface area contributed by atoms with Crippen molar-refractivity contribution in [2.24, 2.45) is 5.41 Å². The van der Waals surface area contributed by atoms with Crippen molar-refractivity contribution in [3.8, 4) is 0 Å². The molecular formula is C29H38N2O2. The van der Waals surface area contributed by atoms with Crippen LogP contribution < -0.4 is 4.90 Å². The number of rotatable bonds is 6. The molecule has 2 aliphatic rings. The summed E-state index contributed by atoms with van der Waals surface area (Å²) in [7, 11) is 0. The highest BCUT2D eigenvalue weighted by Gasteiger charge is 2.29. The molecule has 1 aliphatic carbocycles. The highest BCUT2D eigenvalue weighted by Crippen LogP contribution is 2.42. The van der Waals surface area contributed by atoms with Crippen molar-refractivity contribution in [1.82, 2.24) is 4.90 Å². The van der Waals surface area contributed by atoms with Crippen molar-refractivity contribution in [2.75, 3.05) is 44.2 Å². The Morgan fingerprint density at radius 2 is 1.64 bits per heavy atom. The van der Waals surface area contributed by atoms with Gasteiger partial charge in [0.25, 0.3) is 0 Å². The fourth-order valence-electron chi connectivity index (χ4n) is 5.12. The van der Waals surface area contributed by atoms with Gasteiger partial charge in [0.2, 0.25) is 0 Å². The molecule has 1 fully saturated rings. The second kappa shape index (κ2) is 10.1. The maximum absolute atomic E-state index is 11.9. The number of hydrogen-bond acceptors (Lipinski definition) is 4. The quantitative estimate of drug-likeness (QED) is 0.513. The van der Waals surface area contributed by atoms with Crippen LogP contribution in [0.1, 0.15) is 61.5 Å². The molecular weight excluding hydrogens is 408 g/mol. The van der Waals surface area contributed by atoms with E-state index in [1.54, 1.807) is 11.1 Å². The van der Waals surface area contributed by atoms with Gasteiger partial charge in [0.1, 0.15) is 0 Å². The molecule has 33 heavy (non-hydrogen) atoms. The standard InChI is InChI=1S/C29H38N2O2/c1-5-33-28(32)24-10-12-26(13-11-24)31-18-16-30(17-19-31)21-25-20-29(3,4)15-14-27(25)23-8-6-22(2)7-9-23/h6-13H,5,14-21H2,1-4H3. The lowest BCUT2D eigenvalue weighted by atomic mass is 9.72. The molecule has 176 valence electrons. The van der Waals surface area contributed by atoms with Crippen LogP contribution in [-0.4, -0.2) is 50.2 Å². The number of allylic oxidation sites excluding steroid dienone is 1. The monoisotopic (exact) mass is 446 g/mol. The Bertz CT molecular complexity index is 981. The van der Waals surface area contributed by atoms with Gasteiger partial charge in [-0.1, -0.05) is 49.2 Å². The predicted molar refractivity (Wildman–Crippen MR) is 137 cm³/mol. The van der Waals surface area contributed by atoms with Crippen LogP contribution >= 0.6 is 0 Å². The molecule has 1 aliphatic heterocycles. The van der Waals surface area contributed by atoms with E-state index in [1.165, 1.54) is 36.1 Å². The maximum Gasteiger partial charge on any atom is 0.338 e. The molecule has 4 rings (SSSR count). The molecule has 0 atom stereocenters. The van der Waals surface area contributed by atoms with E-state index in [0.29, 0.717) is 17.6 Å². The number of ether oxygens (including phenoxy) is 1. The van der Waals surface area contributed by atoms with Gasteiger partial charge in [-0.05, 0) is 73.9 Å². The maximum atomic E-state index is 11.9. The Morgan fingerprint density at radius 3 is 2.27 bits per heavy atom. The summed E-state index contributed by atoms with van der Waals surface area (Å²) < 4.78 is 5.10. The van der Waals surface area contributed by atoms with Crippen LogP contribution in [0.25, 0.3) is 5.57 Å². The van der Waals surface area contributed by atoms with E-state index in [2.05, 4.69) is 54.8 Å². The molecule has 0 N–H and O–H groups in total. The normalized spacial score (nSPS) is 19.0. The van der Waals surface area contributed by atoms with Crippen LogP contribution in [0.3, 0.4) is 0 Å². The first-order valence-corrected chi connectivity index (χ1v) is 12.4. The number of carbonyl (C=O) groups is 1. The highest BCUT2D eigenvalue weighted by molar-refractivity contribution is 5.89. The minimum atomic E-state index is -0.248. The van der Waals surface area contributed by atoms with Gasteiger partial charge in [-0.2, -0.15) is 0 Å². The topological polar surface area (TPSA) is 32.8 Å². The van der Waals surface area contributed by atoms with Crippen LogP contribution in [0.15, 0.2) is 54.1 Å². The second-order valence-corrected chi connectivity index (χ2v) is 10.3. The lowest BCUT2D eigenvalue weighted by molar-refractivity contribution is 0.0526. The van der Waals surface area contributed by atoms with E-state index in [-0.39, 0.29) is 5.97 Å². The van der Waals surface area contributed by atoms with Gasteiger partial charge in [0.15, 0.2) is 0 Å². The van der Waals surface area contributed by atoms with E-state index in [4.69, 9.17) is 4.74 Å². The lowest BCUT2D eigenvalue weighted by Gasteiger charge is -2.39. The number of carbonyl (C=O) groups excluding carboxylic acids is 1. The smallest absolute Gasteiger partial charge is 0.338 e. The number of aryl methyl sites for hydroxylation is 1. The summed E-state index contributed by atoms with van der Waals surface area (Å²) in [6, 6.07) is 16.9. The van der Waals surface area contributed by atoms with Gasteiger partial charge in [-0.3, -0.25) is 4.90 Å². The molecule has 0 saturated carbocycles. The van der Waals surface area contributed by atoms with Gasteiger partial charge in [-0.25, -0.2) is 4.79 Å². The lowest BCUT2D eigenvalue weighted by Crippen LogP contribution is -2.47. The van der Waals surface area contributed by atoms with E-state index >= 15 is 0 Å². The van der Waals surface area contributed by atoms with E-state index in [9.17, 15) is 4.79 Å². The fourth-order valence-corrected chi connectivity index (χ4v) is 5.12. The number of hydrogen-bond donors (Lipinski definition) is 0. The predicted octanol–water partition coefficient (Wildman–Crippen LogP) is 5.96. The summed E-state index contributed by atoms with van der Waals surface area (Å²) >= 11 is 0. The Hall–Kier alpha value is -2.59. The summed E-state index contributed by atoms with van der Waals surface area (Å²) in [6.45, 7) is 14.4. The van der Waals surface area contributed by atoms with Gasteiger partial charge >= 0.3 is 5.97 Å². The first-order valence-electron chi connectivity index (χ1n) is 12.4. The zero-order valence-electron chi connectivity index (χ0n) is 20.7. The van der Waals surface area contributed by atoms with Crippen molar-refractivity contribution < 1.29 is 9.53 Å². The second-order valence-electron chi connectivity index (χ2n) is 10.3. The summed E-state index contributed by atoms with van der Waals surface area (Å²) in [4.78, 5) is 17.0. The Balaban J connectivity index is 1.41. The van der Waals surface area contributed by atoms with Gasteiger partial charge in [0, 0.05) is 38.4 Å². The zero-order valence-corrected chi connectivity index (χ0v) is 20.7. The average molecular weight is 447 g/mol. The summed E-state index contributed by atoms with van der Waals surface area (Å²) in [6.07, 6.45) is 3.62. The molecule has 0 aromatic heterocycles. The van der Waals surface area contributed by atoms with Crippen molar-refractivity contribution in [1.29, 1.82) is 0 Å². The molecule has 0 amide bonds. The van der Waals surface area contributed by atoms with E-state index < -0.39 is 0 Å². The summed E-state index contributed by atoms with van der Waals surface area (Å²) in [5, 5.41) is 0. The average Bonchev–Trinajstić information content (AvgIpc) is 2.80. The van der Waals surface area contributed by atoms with E-state index in [0.717, 1.165) is 32.7 Å². The molecule has 4 heteroatoms. The molecule has 2 aromatic rings. The van der Waals surface area contributed by atoms with Crippen molar-refractivity contribution in [3.63, 3.8) is 0 Å². The van der Waals surface area contributed by atoms with Crippen LogP contribution in [0.5, 0.6) is 0 Å². The number of esters is 1. The van der Waals surface area contributed by atoms with Gasteiger partial charge in [0.05, 0.1) is 12.2 Å². The van der Waals surface area contributed by atoms with Crippen molar-refractivity contribution >= 4 is 17.2 Å². The largest absolute Gasteiger partial charge is 0.462 e. The minimum absolute atomic E-state index is 0.248. The highest BCUT2D eigenvalue weighted by atomic mass is 16.5. The third kappa shape index (κ3) is 5.86. The number of nitrogens with zero attached hydrogens (tertiary/aromatic N) is 2. The van der Waals surface area contributed by atoms with Crippen LogP contribution in [0.4, 0.5) is 5.69 Å². The molecule has 0 radical (unpaired) electrons. The molecule has 1 saturated heterocycles. The third-order valence-corrected chi connectivity index (χ3v) is 7.10. The number of piperazine rings is 1. The molecule has 0 bridgehead atoms. The van der Waals surface area contributed by atoms with Crippen LogP contribution in [0.2, 0.25) is 0 Å². The number of benzene rings is 2. The van der Waals surface area contributed by atoms with Crippen LogP contribution in [-0.2, 0) is 4.74 Å². The fraction of sp³-hybridized carbons (Fsp3) is 0.483. The Morgan fingerprint density at radius 1 is 0.970 bits per heavy atom. The Labute approximate surface area is 199 Å². The zero-order chi connectivity index (χ0) is 23.4. The SMILES string of the molecule is CCOC(=O)c1ccc(N2CCN(CC3=C(c4ccc(C)cc4)CCC(C)(C)C3)CC2)cc1.